The van der Waals surface area contributed by atoms with E-state index in [2.05, 4.69) is 25.2 Å². The Labute approximate surface area is 232 Å². The van der Waals surface area contributed by atoms with Crippen molar-refractivity contribution in [3.8, 4) is 28.7 Å². The van der Waals surface area contributed by atoms with Gasteiger partial charge in [0.25, 0.3) is 5.75 Å². The standard InChI is InChI=1S/C29H32N6O5/c1-34(22-8-10-24(11-9-22)40-23-6-4-3-5-7-23)29-31-20-30-28(33-29)32-21-18-25(36)27(26(19-21)37-2)39-17-14-35-12-15-38-16-13-35/h3-11,18-20,36H,12-17H2,1-2H3,(H,30,31,32,33)/p+1. The second-order valence-corrected chi connectivity index (χ2v) is 9.06. The first-order valence-electron chi connectivity index (χ1n) is 13.0. The first-order chi connectivity index (χ1) is 19.6. The van der Waals surface area contributed by atoms with Crippen LogP contribution in [0.15, 0.2) is 73.1 Å². The van der Waals surface area contributed by atoms with E-state index in [4.69, 9.17) is 24.1 Å². The predicted octanol–water partition coefficient (Wildman–Crippen LogP) is 4.33. The summed E-state index contributed by atoms with van der Waals surface area (Å²) in [5.41, 5.74) is 1.48. The van der Waals surface area contributed by atoms with Gasteiger partial charge in [-0.1, -0.05) is 18.2 Å². The van der Waals surface area contributed by atoms with Gasteiger partial charge in [0.05, 0.1) is 32.1 Å². The highest BCUT2D eigenvalue weighted by Crippen LogP contribution is 2.40. The van der Waals surface area contributed by atoms with Crippen molar-refractivity contribution in [2.24, 2.45) is 0 Å². The maximum absolute atomic E-state index is 8.51. The quantitative estimate of drug-likeness (QED) is 0.273. The SMILES string of the molecule is COc1cc(Nc2ncnc(N(C)c3ccc(Oc4ccccc4)cc3)n2)cc([OH2+])c1OCCN1CCOCC1. The molecule has 1 aliphatic rings. The van der Waals surface area contributed by atoms with E-state index in [-0.39, 0.29) is 5.75 Å². The van der Waals surface area contributed by atoms with Crippen molar-refractivity contribution in [2.75, 3.05) is 63.8 Å². The Morgan fingerprint density at radius 2 is 1.75 bits per heavy atom. The minimum Gasteiger partial charge on any atom is -0.591 e. The smallest absolute Gasteiger partial charge is 0.302 e. The molecular weight excluding hydrogens is 512 g/mol. The van der Waals surface area contributed by atoms with Crippen LogP contribution in [0.25, 0.3) is 0 Å². The number of ether oxygens (including phenoxy) is 4. The molecule has 4 aromatic rings. The summed E-state index contributed by atoms with van der Waals surface area (Å²) in [5.74, 6) is 3.36. The summed E-state index contributed by atoms with van der Waals surface area (Å²) >= 11 is 0. The second-order valence-electron chi connectivity index (χ2n) is 9.06. The number of benzene rings is 3. The molecule has 0 saturated carbocycles. The van der Waals surface area contributed by atoms with E-state index in [1.54, 1.807) is 19.2 Å². The molecule has 1 fully saturated rings. The summed E-state index contributed by atoms with van der Waals surface area (Å²) in [4.78, 5) is 17.3. The Morgan fingerprint density at radius 3 is 2.50 bits per heavy atom. The Morgan fingerprint density at radius 1 is 1.00 bits per heavy atom. The summed E-state index contributed by atoms with van der Waals surface area (Å²) in [7, 11) is 3.43. The zero-order chi connectivity index (χ0) is 27.7. The lowest BCUT2D eigenvalue weighted by Gasteiger charge is -2.26. The van der Waals surface area contributed by atoms with Gasteiger partial charge in [-0.05, 0) is 36.4 Å². The van der Waals surface area contributed by atoms with E-state index < -0.39 is 0 Å². The number of nitrogens with one attached hydrogen (secondary N) is 1. The molecule has 1 aromatic heterocycles. The monoisotopic (exact) mass is 545 g/mol. The molecule has 0 bridgehead atoms. The molecule has 208 valence electrons. The number of methoxy groups -OCH3 is 1. The molecule has 2 heterocycles. The van der Waals surface area contributed by atoms with Crippen molar-refractivity contribution >= 4 is 23.3 Å². The van der Waals surface area contributed by atoms with Crippen LogP contribution in [0, 0.1) is 0 Å². The molecule has 1 aliphatic heterocycles. The number of morpholine rings is 1. The lowest BCUT2D eigenvalue weighted by atomic mass is 10.2. The van der Waals surface area contributed by atoms with Crippen LogP contribution in [0.5, 0.6) is 28.7 Å². The third-order valence-electron chi connectivity index (χ3n) is 6.35. The van der Waals surface area contributed by atoms with Crippen LogP contribution in [0.1, 0.15) is 0 Å². The highest BCUT2D eigenvalue weighted by atomic mass is 16.5. The molecule has 0 radical (unpaired) electrons. The summed E-state index contributed by atoms with van der Waals surface area (Å²) in [6.07, 6.45) is 1.44. The molecule has 0 aliphatic carbocycles. The predicted molar refractivity (Wildman–Crippen MR) is 153 cm³/mol. The van der Waals surface area contributed by atoms with Gasteiger partial charge in [-0.3, -0.25) is 4.90 Å². The van der Waals surface area contributed by atoms with E-state index in [0.29, 0.717) is 35.7 Å². The van der Waals surface area contributed by atoms with Crippen molar-refractivity contribution in [3.63, 3.8) is 0 Å². The van der Waals surface area contributed by atoms with Gasteiger partial charge in [-0.2, -0.15) is 4.98 Å². The maximum Gasteiger partial charge on any atom is 0.302 e. The lowest BCUT2D eigenvalue weighted by Crippen LogP contribution is -2.38. The van der Waals surface area contributed by atoms with Gasteiger partial charge < -0.3 is 34.3 Å². The number of rotatable bonds is 11. The zero-order valence-electron chi connectivity index (χ0n) is 22.5. The molecule has 40 heavy (non-hydrogen) atoms. The maximum atomic E-state index is 8.51. The normalized spacial score (nSPS) is 13.4. The highest BCUT2D eigenvalue weighted by Gasteiger charge is 2.19. The second kappa shape index (κ2) is 13.0. The molecular formula is C29H33N6O5+. The molecule has 0 atom stereocenters. The number of anilines is 4. The average Bonchev–Trinajstić information content (AvgIpc) is 2.99. The van der Waals surface area contributed by atoms with E-state index in [1.807, 2.05) is 66.5 Å². The third-order valence-corrected chi connectivity index (χ3v) is 6.35. The van der Waals surface area contributed by atoms with E-state index in [9.17, 15) is 0 Å². The zero-order valence-corrected chi connectivity index (χ0v) is 22.5. The first kappa shape index (κ1) is 27.0. The van der Waals surface area contributed by atoms with E-state index in [0.717, 1.165) is 50.0 Å². The van der Waals surface area contributed by atoms with E-state index >= 15 is 0 Å². The Kier molecular flexibility index (Phi) is 8.74. The average molecular weight is 546 g/mol. The fourth-order valence-electron chi connectivity index (χ4n) is 4.19. The summed E-state index contributed by atoms with van der Waals surface area (Å²) in [6.45, 7) is 4.45. The minimum absolute atomic E-state index is 0.202. The summed E-state index contributed by atoms with van der Waals surface area (Å²) in [5, 5.41) is 11.7. The van der Waals surface area contributed by atoms with Crippen LogP contribution in [0.4, 0.5) is 23.3 Å². The van der Waals surface area contributed by atoms with Gasteiger partial charge in [0, 0.05) is 38.4 Å². The molecule has 11 nitrogen and oxygen atoms in total. The highest BCUT2D eigenvalue weighted by molar-refractivity contribution is 5.66. The molecule has 0 unspecified atom stereocenters. The van der Waals surface area contributed by atoms with Crippen molar-refractivity contribution in [1.82, 2.24) is 19.9 Å². The molecule has 11 heteroatoms. The fraction of sp³-hybridized carbons (Fsp3) is 0.276. The summed E-state index contributed by atoms with van der Waals surface area (Å²) < 4.78 is 22.7. The van der Waals surface area contributed by atoms with Gasteiger partial charge in [0.15, 0.2) is 5.75 Å². The Hall–Kier alpha value is -4.61. The topological polar surface area (TPSA) is 117 Å². The first-order valence-corrected chi connectivity index (χ1v) is 13.0. The van der Waals surface area contributed by atoms with Crippen LogP contribution in [-0.4, -0.2) is 78.6 Å². The number of nitrogens with zero attached hydrogens (tertiary/aromatic N) is 5. The van der Waals surface area contributed by atoms with Crippen molar-refractivity contribution in [1.29, 1.82) is 0 Å². The van der Waals surface area contributed by atoms with Crippen molar-refractivity contribution < 1.29 is 24.1 Å². The summed E-state index contributed by atoms with van der Waals surface area (Å²) in [6, 6.07) is 20.7. The minimum atomic E-state index is 0.202. The van der Waals surface area contributed by atoms with Crippen LogP contribution < -0.4 is 24.4 Å². The van der Waals surface area contributed by atoms with E-state index in [1.165, 1.54) is 6.33 Å². The molecule has 3 aromatic carbocycles. The van der Waals surface area contributed by atoms with Gasteiger partial charge in [0.2, 0.25) is 11.9 Å². The molecule has 5 rings (SSSR count). The number of aromatic nitrogens is 3. The Balaban J connectivity index is 1.23. The number of para-hydroxylation sites is 1. The number of hydrogen-bond donors (Lipinski definition) is 1. The molecule has 1 saturated heterocycles. The van der Waals surface area contributed by atoms with Crippen molar-refractivity contribution in [2.45, 2.75) is 0 Å². The lowest BCUT2D eigenvalue weighted by molar-refractivity contribution is 0.0319. The third kappa shape index (κ3) is 6.87. The van der Waals surface area contributed by atoms with Gasteiger partial charge in [0.1, 0.15) is 24.4 Å². The van der Waals surface area contributed by atoms with Gasteiger partial charge >= 0.3 is 5.75 Å². The van der Waals surface area contributed by atoms with Crippen LogP contribution in [-0.2, 0) is 4.74 Å². The van der Waals surface area contributed by atoms with Gasteiger partial charge in [-0.25, -0.2) is 9.97 Å². The largest absolute Gasteiger partial charge is 0.591 e. The fourth-order valence-corrected chi connectivity index (χ4v) is 4.19. The van der Waals surface area contributed by atoms with Crippen LogP contribution >= 0.6 is 0 Å². The van der Waals surface area contributed by atoms with Crippen LogP contribution in [0.2, 0.25) is 0 Å². The Bertz CT molecular complexity index is 1380. The van der Waals surface area contributed by atoms with Gasteiger partial charge in [-0.15, -0.1) is 0 Å². The number of hydrogen-bond acceptors (Lipinski definition) is 10. The molecule has 0 spiro atoms. The van der Waals surface area contributed by atoms with Crippen molar-refractivity contribution in [3.05, 3.63) is 73.1 Å². The van der Waals surface area contributed by atoms with Crippen LogP contribution in [0.3, 0.4) is 0 Å². The molecule has 3 N–H and O–H groups in total. The molecule has 0 amide bonds.